The molecule has 0 bridgehead atoms. The van der Waals surface area contributed by atoms with Crippen LogP contribution in [0.25, 0.3) is 0 Å². The Hall–Kier alpha value is -1.85. The number of thioether (sulfide) groups is 1. The third-order valence-corrected chi connectivity index (χ3v) is 4.85. The SMILES string of the molecule is CCSC(=S)C(Cc1ccccc1)NC(=O)OCc1ccccc1. The summed E-state index contributed by atoms with van der Waals surface area (Å²) in [6.45, 7) is 2.29. The van der Waals surface area contributed by atoms with E-state index in [1.54, 1.807) is 11.8 Å². The van der Waals surface area contributed by atoms with Crippen LogP contribution in [0.2, 0.25) is 0 Å². The van der Waals surface area contributed by atoms with Gasteiger partial charge >= 0.3 is 6.09 Å². The van der Waals surface area contributed by atoms with Crippen LogP contribution in [0, 0.1) is 0 Å². The van der Waals surface area contributed by atoms with E-state index in [1.165, 1.54) is 0 Å². The van der Waals surface area contributed by atoms with Gasteiger partial charge in [-0.2, -0.15) is 0 Å². The first-order valence-electron chi connectivity index (χ1n) is 7.87. The van der Waals surface area contributed by atoms with E-state index in [4.69, 9.17) is 17.0 Å². The Morgan fingerprint density at radius 1 is 1.08 bits per heavy atom. The summed E-state index contributed by atoms with van der Waals surface area (Å²) in [5.41, 5.74) is 2.09. The lowest BCUT2D eigenvalue weighted by Gasteiger charge is -2.19. The lowest BCUT2D eigenvalue weighted by molar-refractivity contribution is 0.138. The van der Waals surface area contributed by atoms with Crippen LogP contribution in [0.15, 0.2) is 60.7 Å². The fourth-order valence-corrected chi connectivity index (χ4v) is 3.32. The molecule has 1 atom stereocenters. The van der Waals surface area contributed by atoms with Gasteiger partial charge in [0.2, 0.25) is 0 Å². The van der Waals surface area contributed by atoms with Gasteiger partial charge in [0.15, 0.2) is 0 Å². The van der Waals surface area contributed by atoms with Gasteiger partial charge < -0.3 is 10.1 Å². The third kappa shape index (κ3) is 6.34. The molecule has 3 nitrogen and oxygen atoms in total. The van der Waals surface area contributed by atoms with Gasteiger partial charge in [0.25, 0.3) is 0 Å². The molecule has 5 heteroatoms. The number of hydrogen-bond acceptors (Lipinski definition) is 4. The Morgan fingerprint density at radius 2 is 1.67 bits per heavy atom. The number of carbonyl (C=O) groups excluding carboxylic acids is 1. The maximum atomic E-state index is 12.1. The molecule has 2 rings (SSSR count). The zero-order valence-electron chi connectivity index (χ0n) is 13.6. The first-order valence-corrected chi connectivity index (χ1v) is 9.26. The second-order valence-corrected chi connectivity index (χ2v) is 7.20. The Labute approximate surface area is 152 Å². The number of carbonyl (C=O) groups is 1. The molecule has 126 valence electrons. The van der Waals surface area contributed by atoms with Crippen molar-refractivity contribution in [2.75, 3.05) is 5.75 Å². The highest BCUT2D eigenvalue weighted by molar-refractivity contribution is 8.23. The maximum Gasteiger partial charge on any atom is 0.408 e. The zero-order chi connectivity index (χ0) is 17.2. The molecular weight excluding hydrogens is 338 g/mol. The molecule has 0 aliphatic carbocycles. The van der Waals surface area contributed by atoms with E-state index in [1.807, 2.05) is 67.6 Å². The summed E-state index contributed by atoms with van der Waals surface area (Å²) in [5, 5.41) is 2.90. The van der Waals surface area contributed by atoms with Crippen LogP contribution < -0.4 is 5.32 Å². The van der Waals surface area contributed by atoms with Gasteiger partial charge in [-0.15, -0.1) is 11.8 Å². The molecule has 0 aliphatic rings. The average Bonchev–Trinajstić information content (AvgIpc) is 2.61. The molecule has 2 aromatic carbocycles. The van der Waals surface area contributed by atoms with Gasteiger partial charge in [-0.1, -0.05) is 79.8 Å². The molecule has 0 saturated carbocycles. The van der Waals surface area contributed by atoms with Crippen LogP contribution >= 0.6 is 24.0 Å². The normalized spacial score (nSPS) is 11.5. The summed E-state index contributed by atoms with van der Waals surface area (Å²) in [5.74, 6) is 0.880. The van der Waals surface area contributed by atoms with Gasteiger partial charge in [0, 0.05) is 0 Å². The zero-order valence-corrected chi connectivity index (χ0v) is 15.2. The fourth-order valence-electron chi connectivity index (χ4n) is 2.19. The van der Waals surface area contributed by atoms with E-state index in [0.29, 0.717) is 6.42 Å². The summed E-state index contributed by atoms with van der Waals surface area (Å²) in [6.07, 6.45) is 0.214. The highest BCUT2D eigenvalue weighted by Gasteiger charge is 2.18. The van der Waals surface area contributed by atoms with Crippen molar-refractivity contribution in [3.63, 3.8) is 0 Å². The van der Waals surface area contributed by atoms with E-state index >= 15 is 0 Å². The molecule has 2 aromatic rings. The molecule has 0 fully saturated rings. The second kappa shape index (κ2) is 10.1. The van der Waals surface area contributed by atoms with Crippen molar-refractivity contribution in [3.05, 3.63) is 71.8 Å². The van der Waals surface area contributed by atoms with Crippen molar-refractivity contribution in [2.45, 2.75) is 26.0 Å². The van der Waals surface area contributed by atoms with Crippen LogP contribution in [0.4, 0.5) is 4.79 Å². The van der Waals surface area contributed by atoms with E-state index in [9.17, 15) is 4.79 Å². The summed E-state index contributed by atoms with van der Waals surface area (Å²) < 4.78 is 6.08. The van der Waals surface area contributed by atoms with Gasteiger partial charge in [0.05, 0.1) is 10.2 Å². The monoisotopic (exact) mass is 359 g/mol. The van der Waals surface area contributed by atoms with Crippen LogP contribution in [0.3, 0.4) is 0 Å². The minimum absolute atomic E-state index is 0.226. The molecule has 1 N–H and O–H groups in total. The number of benzene rings is 2. The molecule has 0 aromatic heterocycles. The van der Waals surface area contributed by atoms with Gasteiger partial charge in [-0.05, 0) is 23.3 Å². The predicted molar refractivity (Wildman–Crippen MR) is 104 cm³/mol. The number of nitrogens with one attached hydrogen (secondary N) is 1. The number of ether oxygens (including phenoxy) is 1. The van der Waals surface area contributed by atoms with Gasteiger partial charge in [0.1, 0.15) is 6.61 Å². The van der Waals surface area contributed by atoms with Gasteiger partial charge in [-0.25, -0.2) is 4.79 Å². The Kier molecular flexibility index (Phi) is 7.79. The number of alkyl carbamates (subject to hydrolysis) is 1. The highest BCUT2D eigenvalue weighted by atomic mass is 32.2. The molecule has 0 saturated heterocycles. The van der Waals surface area contributed by atoms with Crippen molar-refractivity contribution in [2.24, 2.45) is 0 Å². The molecule has 1 amide bonds. The third-order valence-electron chi connectivity index (χ3n) is 3.36. The summed E-state index contributed by atoms with van der Waals surface area (Å²) in [4.78, 5) is 12.1. The van der Waals surface area contributed by atoms with Crippen LogP contribution in [-0.4, -0.2) is 22.1 Å². The van der Waals surface area contributed by atoms with Crippen LogP contribution in [0.5, 0.6) is 0 Å². The molecule has 0 aliphatic heterocycles. The van der Waals surface area contributed by atoms with Crippen molar-refractivity contribution in [3.8, 4) is 0 Å². The van der Waals surface area contributed by atoms with Crippen LogP contribution in [-0.2, 0) is 17.8 Å². The Morgan fingerprint density at radius 3 is 2.25 bits per heavy atom. The predicted octanol–water partition coefficient (Wildman–Crippen LogP) is 4.60. The number of rotatable bonds is 7. The fraction of sp³-hybridized carbons (Fsp3) is 0.263. The maximum absolute atomic E-state index is 12.1. The highest BCUT2D eigenvalue weighted by Crippen LogP contribution is 2.13. The van der Waals surface area contributed by atoms with Crippen molar-refractivity contribution < 1.29 is 9.53 Å². The van der Waals surface area contributed by atoms with E-state index in [-0.39, 0.29) is 12.6 Å². The van der Waals surface area contributed by atoms with Crippen molar-refractivity contribution >= 4 is 34.3 Å². The molecule has 0 radical (unpaired) electrons. The largest absolute Gasteiger partial charge is 0.445 e. The molecule has 0 spiro atoms. The number of thiocarbonyl (C=S) groups is 1. The first-order chi connectivity index (χ1) is 11.7. The standard InChI is InChI=1S/C19H21NO2S2/c1-2-24-18(23)17(13-15-9-5-3-6-10-15)20-19(21)22-14-16-11-7-4-8-12-16/h3-12,17H,2,13-14H2,1H3,(H,20,21). The second-order valence-electron chi connectivity index (χ2n) is 5.20. The minimum atomic E-state index is -0.446. The first kappa shape index (κ1) is 18.5. The summed E-state index contributed by atoms with van der Waals surface area (Å²) in [6, 6.07) is 19.4. The lowest BCUT2D eigenvalue weighted by Crippen LogP contribution is -2.41. The number of hydrogen-bond donors (Lipinski definition) is 1. The summed E-state index contributed by atoms with van der Waals surface area (Å²) in [7, 11) is 0. The van der Waals surface area contributed by atoms with Crippen molar-refractivity contribution in [1.29, 1.82) is 0 Å². The quantitative estimate of drug-likeness (QED) is 0.733. The molecule has 1 unspecified atom stereocenters. The van der Waals surface area contributed by atoms with Crippen molar-refractivity contribution in [1.82, 2.24) is 5.32 Å². The summed E-state index contributed by atoms with van der Waals surface area (Å²) >= 11 is 7.04. The Balaban J connectivity index is 1.93. The Bertz CT molecular complexity index is 647. The van der Waals surface area contributed by atoms with E-state index in [0.717, 1.165) is 21.1 Å². The molecule has 0 heterocycles. The smallest absolute Gasteiger partial charge is 0.408 e. The van der Waals surface area contributed by atoms with Crippen LogP contribution in [0.1, 0.15) is 18.1 Å². The van der Waals surface area contributed by atoms with E-state index < -0.39 is 6.09 Å². The lowest BCUT2D eigenvalue weighted by atomic mass is 10.1. The van der Waals surface area contributed by atoms with E-state index in [2.05, 4.69) is 5.32 Å². The van der Waals surface area contributed by atoms with Gasteiger partial charge in [-0.3, -0.25) is 0 Å². The topological polar surface area (TPSA) is 38.3 Å². The molecule has 24 heavy (non-hydrogen) atoms. The molecular formula is C19H21NO2S2. The number of amides is 1. The minimum Gasteiger partial charge on any atom is -0.445 e. The average molecular weight is 360 g/mol.